The summed E-state index contributed by atoms with van der Waals surface area (Å²) in [5.41, 5.74) is -0.402. The number of likely N-dealkylation sites (N-methyl/N-ethyl adjacent to an activating group) is 1. The number of Topliss-reactive ketones (excluding diaryl/α,β-unsaturated/α-hetero) is 1. The van der Waals surface area contributed by atoms with Crippen LogP contribution in [-0.4, -0.2) is 18.4 Å². The van der Waals surface area contributed by atoms with Gasteiger partial charge >= 0.3 is 0 Å². The predicted molar refractivity (Wildman–Crippen MR) is 61.0 cm³/mol. The number of ketones is 1. The quantitative estimate of drug-likeness (QED) is 0.860. The minimum absolute atomic E-state index is 0.0689. The van der Waals surface area contributed by atoms with Gasteiger partial charge in [0, 0.05) is 0 Å². The molecule has 0 aliphatic heterocycles. The molecule has 1 aliphatic carbocycles. The summed E-state index contributed by atoms with van der Waals surface area (Å²) in [7, 11) is 1.85. The molecular formula is C11H14BrNO2. The van der Waals surface area contributed by atoms with E-state index < -0.39 is 5.54 Å². The van der Waals surface area contributed by atoms with Gasteiger partial charge in [-0.15, -0.1) is 0 Å². The number of hydrogen-bond donors (Lipinski definition) is 1. The molecule has 0 aromatic carbocycles. The highest BCUT2D eigenvalue weighted by molar-refractivity contribution is 9.10. The molecule has 0 unspecified atom stereocenters. The monoisotopic (exact) mass is 271 g/mol. The number of hydrogen-bond acceptors (Lipinski definition) is 3. The maximum atomic E-state index is 12.3. The Morgan fingerprint density at radius 2 is 2.20 bits per heavy atom. The SMILES string of the molecule is CNC1(C(=O)c2occc2Br)CCCC1. The van der Waals surface area contributed by atoms with Gasteiger partial charge in [0.1, 0.15) is 0 Å². The van der Waals surface area contributed by atoms with Crippen LogP contribution in [0.25, 0.3) is 0 Å². The summed E-state index contributed by atoms with van der Waals surface area (Å²) in [5.74, 6) is 0.505. The Hall–Kier alpha value is -0.610. The molecule has 1 aliphatic rings. The third-order valence-corrected chi connectivity index (χ3v) is 3.82. The van der Waals surface area contributed by atoms with E-state index in [9.17, 15) is 4.79 Å². The minimum atomic E-state index is -0.402. The van der Waals surface area contributed by atoms with E-state index in [2.05, 4.69) is 21.2 Å². The third kappa shape index (κ3) is 1.76. The van der Waals surface area contributed by atoms with Crippen molar-refractivity contribution in [2.24, 2.45) is 0 Å². The van der Waals surface area contributed by atoms with Crippen LogP contribution in [-0.2, 0) is 0 Å². The van der Waals surface area contributed by atoms with Gasteiger partial charge < -0.3 is 9.73 Å². The van der Waals surface area contributed by atoms with Gasteiger partial charge in [-0.25, -0.2) is 0 Å². The zero-order valence-corrected chi connectivity index (χ0v) is 10.3. The van der Waals surface area contributed by atoms with E-state index in [0.29, 0.717) is 5.76 Å². The molecule has 0 bridgehead atoms. The normalized spacial score (nSPS) is 19.3. The zero-order chi connectivity index (χ0) is 10.9. The van der Waals surface area contributed by atoms with Crippen molar-refractivity contribution in [3.05, 3.63) is 22.6 Å². The van der Waals surface area contributed by atoms with Crippen molar-refractivity contribution >= 4 is 21.7 Å². The summed E-state index contributed by atoms with van der Waals surface area (Å²) in [6, 6.07) is 1.76. The second kappa shape index (κ2) is 4.10. The summed E-state index contributed by atoms with van der Waals surface area (Å²) in [4.78, 5) is 12.3. The highest BCUT2D eigenvalue weighted by atomic mass is 79.9. The smallest absolute Gasteiger partial charge is 0.219 e. The Morgan fingerprint density at radius 1 is 1.53 bits per heavy atom. The van der Waals surface area contributed by atoms with Crippen LogP contribution in [0.3, 0.4) is 0 Å². The molecule has 1 N–H and O–H groups in total. The van der Waals surface area contributed by atoms with Crippen LogP contribution in [0, 0.1) is 0 Å². The lowest BCUT2D eigenvalue weighted by Gasteiger charge is -2.25. The fourth-order valence-electron chi connectivity index (χ4n) is 2.24. The first-order valence-corrected chi connectivity index (χ1v) is 5.96. The van der Waals surface area contributed by atoms with Crippen LogP contribution >= 0.6 is 15.9 Å². The van der Waals surface area contributed by atoms with Crippen molar-refractivity contribution in [2.75, 3.05) is 7.05 Å². The van der Waals surface area contributed by atoms with Gasteiger partial charge in [0.25, 0.3) is 0 Å². The molecule has 0 spiro atoms. The Kier molecular flexibility index (Phi) is 2.98. The number of carbonyl (C=O) groups is 1. The van der Waals surface area contributed by atoms with E-state index in [4.69, 9.17) is 4.42 Å². The average molecular weight is 272 g/mol. The Bertz CT molecular complexity index is 366. The molecule has 0 radical (unpaired) electrons. The van der Waals surface area contributed by atoms with Crippen molar-refractivity contribution in [3.63, 3.8) is 0 Å². The third-order valence-electron chi connectivity index (χ3n) is 3.19. The molecule has 3 nitrogen and oxygen atoms in total. The van der Waals surface area contributed by atoms with Crippen LogP contribution in [0.5, 0.6) is 0 Å². The minimum Gasteiger partial charge on any atom is -0.460 e. The van der Waals surface area contributed by atoms with Gasteiger partial charge in [0.05, 0.1) is 16.3 Å². The van der Waals surface area contributed by atoms with E-state index in [-0.39, 0.29) is 5.78 Å². The second-order valence-corrected chi connectivity index (χ2v) is 4.82. The van der Waals surface area contributed by atoms with E-state index >= 15 is 0 Å². The lowest BCUT2D eigenvalue weighted by molar-refractivity contribution is 0.0832. The van der Waals surface area contributed by atoms with Gasteiger partial charge in [-0.1, -0.05) is 12.8 Å². The molecular weight excluding hydrogens is 258 g/mol. The maximum absolute atomic E-state index is 12.3. The van der Waals surface area contributed by atoms with Crippen molar-refractivity contribution in [1.29, 1.82) is 0 Å². The van der Waals surface area contributed by atoms with Gasteiger partial charge in [0.2, 0.25) is 5.78 Å². The van der Waals surface area contributed by atoms with Gasteiger partial charge in [-0.2, -0.15) is 0 Å². The molecule has 1 saturated carbocycles. The zero-order valence-electron chi connectivity index (χ0n) is 8.68. The van der Waals surface area contributed by atoms with Crippen LogP contribution in [0.4, 0.5) is 0 Å². The number of rotatable bonds is 3. The number of halogens is 1. The molecule has 0 atom stereocenters. The van der Waals surface area contributed by atoms with E-state index in [0.717, 1.165) is 30.2 Å². The van der Waals surface area contributed by atoms with Crippen LogP contribution < -0.4 is 5.32 Å². The molecule has 4 heteroatoms. The van der Waals surface area contributed by atoms with E-state index in [1.807, 2.05) is 7.05 Å². The summed E-state index contributed by atoms with van der Waals surface area (Å²) in [6.45, 7) is 0. The van der Waals surface area contributed by atoms with Crippen molar-refractivity contribution in [1.82, 2.24) is 5.32 Å². The molecule has 1 heterocycles. The first-order valence-electron chi connectivity index (χ1n) is 5.16. The Morgan fingerprint density at radius 3 is 2.67 bits per heavy atom. The molecule has 2 rings (SSSR count). The van der Waals surface area contributed by atoms with Crippen LogP contribution in [0.1, 0.15) is 36.2 Å². The summed E-state index contributed by atoms with van der Waals surface area (Å²) in [6.07, 6.45) is 5.54. The maximum Gasteiger partial charge on any atom is 0.219 e. The molecule has 15 heavy (non-hydrogen) atoms. The molecule has 1 fully saturated rings. The fraction of sp³-hybridized carbons (Fsp3) is 0.545. The summed E-state index contributed by atoms with van der Waals surface area (Å²) in [5, 5.41) is 3.16. The lowest BCUT2D eigenvalue weighted by atomic mass is 9.91. The van der Waals surface area contributed by atoms with Crippen molar-refractivity contribution < 1.29 is 9.21 Å². The standard InChI is InChI=1S/C11H14BrNO2/c1-13-11(5-2-3-6-11)10(14)9-8(12)4-7-15-9/h4,7,13H,2-3,5-6H2,1H3. The highest BCUT2D eigenvalue weighted by Gasteiger charge is 2.41. The summed E-state index contributed by atoms with van der Waals surface area (Å²) < 4.78 is 5.97. The molecule has 1 aromatic rings. The van der Waals surface area contributed by atoms with Crippen LogP contribution in [0.2, 0.25) is 0 Å². The number of nitrogens with one attached hydrogen (secondary N) is 1. The van der Waals surface area contributed by atoms with Crippen molar-refractivity contribution in [3.8, 4) is 0 Å². The summed E-state index contributed by atoms with van der Waals surface area (Å²) >= 11 is 3.32. The van der Waals surface area contributed by atoms with E-state index in [1.54, 1.807) is 6.07 Å². The molecule has 1 aromatic heterocycles. The molecule has 82 valence electrons. The predicted octanol–water partition coefficient (Wildman–Crippen LogP) is 2.76. The topological polar surface area (TPSA) is 42.2 Å². The Balaban J connectivity index is 2.30. The van der Waals surface area contributed by atoms with E-state index in [1.165, 1.54) is 6.26 Å². The van der Waals surface area contributed by atoms with Crippen LogP contribution in [0.15, 0.2) is 21.2 Å². The first-order chi connectivity index (χ1) is 7.19. The second-order valence-electron chi connectivity index (χ2n) is 3.97. The fourth-order valence-corrected chi connectivity index (χ4v) is 2.62. The van der Waals surface area contributed by atoms with Crippen molar-refractivity contribution in [2.45, 2.75) is 31.2 Å². The highest BCUT2D eigenvalue weighted by Crippen LogP contribution is 2.34. The van der Waals surface area contributed by atoms with Gasteiger partial charge in [0.15, 0.2) is 5.76 Å². The average Bonchev–Trinajstić information content (AvgIpc) is 2.86. The number of furan rings is 1. The first kappa shape index (κ1) is 10.9. The molecule has 0 saturated heterocycles. The number of carbonyl (C=O) groups excluding carboxylic acids is 1. The largest absolute Gasteiger partial charge is 0.460 e. The lowest BCUT2D eigenvalue weighted by Crippen LogP contribution is -2.47. The van der Waals surface area contributed by atoms with Gasteiger partial charge in [-0.05, 0) is 41.9 Å². The Labute approximate surface area is 97.4 Å². The molecule has 0 amide bonds. The van der Waals surface area contributed by atoms with Gasteiger partial charge in [-0.3, -0.25) is 4.79 Å².